The Kier molecular flexibility index (Phi) is 16.6. The molecule has 144 valence electrons. The van der Waals surface area contributed by atoms with Crippen molar-refractivity contribution in [2.75, 3.05) is 66.4 Å². The molecular formula is C17H36N2O5. The zero-order valence-corrected chi connectivity index (χ0v) is 15.8. The summed E-state index contributed by atoms with van der Waals surface area (Å²) in [7, 11) is 1.89. The second-order valence-corrected chi connectivity index (χ2v) is 5.90. The minimum Gasteiger partial charge on any atom is -0.379 e. The smallest absolute Gasteiger partial charge is 0.222 e. The molecule has 0 aliphatic heterocycles. The third-order valence-corrected chi connectivity index (χ3v) is 3.47. The minimum atomic E-state index is 0.0301. The maximum absolute atomic E-state index is 11.6. The number of rotatable bonds is 17. The van der Waals surface area contributed by atoms with Crippen molar-refractivity contribution in [2.24, 2.45) is 5.92 Å². The van der Waals surface area contributed by atoms with E-state index in [1.54, 1.807) is 0 Å². The summed E-state index contributed by atoms with van der Waals surface area (Å²) >= 11 is 0. The molecule has 0 aromatic carbocycles. The lowest BCUT2D eigenvalue weighted by molar-refractivity contribution is -0.123. The molecule has 7 heteroatoms. The van der Waals surface area contributed by atoms with Gasteiger partial charge >= 0.3 is 0 Å². The number of carbonyl (C=O) groups excluding carboxylic acids is 1. The normalized spacial score (nSPS) is 12.5. The maximum atomic E-state index is 11.6. The first kappa shape index (κ1) is 23.3. The van der Waals surface area contributed by atoms with Crippen molar-refractivity contribution in [3.63, 3.8) is 0 Å². The van der Waals surface area contributed by atoms with Gasteiger partial charge in [-0.25, -0.2) is 0 Å². The highest BCUT2D eigenvalue weighted by molar-refractivity contribution is 5.76. The van der Waals surface area contributed by atoms with E-state index in [1.807, 2.05) is 14.0 Å². The first-order chi connectivity index (χ1) is 11.6. The van der Waals surface area contributed by atoms with Crippen LogP contribution in [0.2, 0.25) is 0 Å². The molecule has 0 heterocycles. The maximum Gasteiger partial charge on any atom is 0.222 e. The Balaban J connectivity index is 3.19. The standard InChI is InChI=1S/C17H36N2O5/c1-15(2)16(3)19-17(20)5-7-21-9-11-23-13-14-24-12-10-22-8-6-18-4/h15-16,18H,5-14H2,1-4H3,(H,19,20). The summed E-state index contributed by atoms with van der Waals surface area (Å²) in [4.78, 5) is 11.6. The Morgan fingerprint density at radius 2 is 1.25 bits per heavy atom. The molecule has 0 aliphatic carbocycles. The van der Waals surface area contributed by atoms with E-state index in [9.17, 15) is 4.79 Å². The molecule has 0 rings (SSSR count). The van der Waals surface area contributed by atoms with Crippen LogP contribution < -0.4 is 10.6 Å². The molecule has 1 atom stereocenters. The second-order valence-electron chi connectivity index (χ2n) is 5.90. The monoisotopic (exact) mass is 348 g/mol. The van der Waals surface area contributed by atoms with Crippen molar-refractivity contribution in [1.82, 2.24) is 10.6 Å². The molecule has 0 radical (unpaired) electrons. The van der Waals surface area contributed by atoms with Crippen molar-refractivity contribution < 1.29 is 23.7 Å². The van der Waals surface area contributed by atoms with Gasteiger partial charge in [-0.05, 0) is 19.9 Å². The molecule has 0 saturated carbocycles. The van der Waals surface area contributed by atoms with E-state index >= 15 is 0 Å². The van der Waals surface area contributed by atoms with Crippen molar-refractivity contribution in [3.8, 4) is 0 Å². The van der Waals surface area contributed by atoms with E-state index < -0.39 is 0 Å². The number of nitrogens with one attached hydrogen (secondary N) is 2. The van der Waals surface area contributed by atoms with Crippen LogP contribution in [0, 0.1) is 5.92 Å². The molecule has 1 unspecified atom stereocenters. The summed E-state index contributed by atoms with van der Waals surface area (Å²) in [5.41, 5.74) is 0. The van der Waals surface area contributed by atoms with E-state index in [0.717, 1.165) is 6.54 Å². The van der Waals surface area contributed by atoms with Crippen LogP contribution in [0.4, 0.5) is 0 Å². The Morgan fingerprint density at radius 1 is 0.792 bits per heavy atom. The predicted octanol–water partition coefficient (Wildman–Crippen LogP) is 0.823. The zero-order valence-electron chi connectivity index (χ0n) is 15.8. The van der Waals surface area contributed by atoms with Gasteiger partial charge in [0.25, 0.3) is 0 Å². The average Bonchev–Trinajstić information content (AvgIpc) is 2.55. The number of ether oxygens (including phenoxy) is 4. The van der Waals surface area contributed by atoms with Gasteiger partial charge in [0.15, 0.2) is 0 Å². The summed E-state index contributed by atoms with van der Waals surface area (Å²) < 4.78 is 21.4. The van der Waals surface area contributed by atoms with Gasteiger partial charge in [0.2, 0.25) is 5.91 Å². The fourth-order valence-electron chi connectivity index (χ4n) is 1.59. The van der Waals surface area contributed by atoms with E-state index in [2.05, 4.69) is 24.5 Å². The molecule has 0 bridgehead atoms. The molecule has 7 nitrogen and oxygen atoms in total. The topological polar surface area (TPSA) is 78.1 Å². The van der Waals surface area contributed by atoms with E-state index in [4.69, 9.17) is 18.9 Å². The number of amides is 1. The predicted molar refractivity (Wildman–Crippen MR) is 94.3 cm³/mol. The molecule has 0 fully saturated rings. The lowest BCUT2D eigenvalue weighted by Gasteiger charge is -2.17. The third kappa shape index (κ3) is 16.1. The van der Waals surface area contributed by atoms with Crippen molar-refractivity contribution in [2.45, 2.75) is 33.2 Å². The molecular weight excluding hydrogens is 312 g/mol. The van der Waals surface area contributed by atoms with Gasteiger partial charge in [-0.15, -0.1) is 0 Å². The second kappa shape index (κ2) is 17.1. The van der Waals surface area contributed by atoms with E-state index in [1.165, 1.54) is 0 Å². The van der Waals surface area contributed by atoms with Crippen LogP contribution in [0.25, 0.3) is 0 Å². The summed E-state index contributed by atoms with van der Waals surface area (Å²) in [6.07, 6.45) is 0.383. The summed E-state index contributed by atoms with van der Waals surface area (Å²) in [5.74, 6) is 0.466. The summed E-state index contributed by atoms with van der Waals surface area (Å²) in [6, 6.07) is 0.189. The first-order valence-electron chi connectivity index (χ1n) is 8.82. The van der Waals surface area contributed by atoms with Crippen molar-refractivity contribution in [1.29, 1.82) is 0 Å². The molecule has 0 aliphatic rings. The average molecular weight is 348 g/mol. The van der Waals surface area contributed by atoms with Crippen LogP contribution in [0.3, 0.4) is 0 Å². The number of hydrogen-bond donors (Lipinski definition) is 2. The fourth-order valence-corrected chi connectivity index (χ4v) is 1.59. The Morgan fingerprint density at radius 3 is 1.71 bits per heavy atom. The fraction of sp³-hybridized carbons (Fsp3) is 0.941. The lowest BCUT2D eigenvalue weighted by atomic mass is 10.1. The molecule has 2 N–H and O–H groups in total. The van der Waals surface area contributed by atoms with Crippen LogP contribution >= 0.6 is 0 Å². The van der Waals surface area contributed by atoms with Gasteiger partial charge in [0, 0.05) is 19.0 Å². The van der Waals surface area contributed by atoms with Crippen LogP contribution in [0.5, 0.6) is 0 Å². The van der Waals surface area contributed by atoms with Gasteiger partial charge in [0.1, 0.15) is 0 Å². The molecule has 0 aromatic heterocycles. The number of hydrogen-bond acceptors (Lipinski definition) is 6. The van der Waals surface area contributed by atoms with E-state index in [-0.39, 0.29) is 11.9 Å². The highest BCUT2D eigenvalue weighted by atomic mass is 16.6. The Hall–Kier alpha value is -0.730. The van der Waals surface area contributed by atoms with Crippen LogP contribution in [-0.4, -0.2) is 78.4 Å². The van der Waals surface area contributed by atoms with Crippen molar-refractivity contribution in [3.05, 3.63) is 0 Å². The van der Waals surface area contributed by atoms with Gasteiger partial charge in [-0.2, -0.15) is 0 Å². The minimum absolute atomic E-state index is 0.0301. The SMILES string of the molecule is CNCCOCCOCCOCCOCCC(=O)NC(C)C(C)C. The third-order valence-electron chi connectivity index (χ3n) is 3.47. The highest BCUT2D eigenvalue weighted by Crippen LogP contribution is 1.99. The van der Waals surface area contributed by atoms with Gasteiger partial charge in [-0.1, -0.05) is 13.8 Å². The quantitative estimate of drug-likeness (QED) is 0.379. The number of carbonyl (C=O) groups is 1. The molecule has 0 spiro atoms. The number of likely N-dealkylation sites (N-methyl/N-ethyl adjacent to an activating group) is 1. The summed E-state index contributed by atoms with van der Waals surface area (Å²) in [6.45, 7) is 11.4. The molecule has 1 amide bonds. The lowest BCUT2D eigenvalue weighted by Crippen LogP contribution is -2.36. The van der Waals surface area contributed by atoms with Gasteiger partial charge in [0.05, 0.1) is 52.9 Å². The van der Waals surface area contributed by atoms with E-state index in [0.29, 0.717) is 65.2 Å². The van der Waals surface area contributed by atoms with Gasteiger partial charge in [-0.3, -0.25) is 4.79 Å². The Labute approximate surface area is 146 Å². The van der Waals surface area contributed by atoms with Crippen molar-refractivity contribution >= 4 is 5.91 Å². The van der Waals surface area contributed by atoms with Crippen LogP contribution in [-0.2, 0) is 23.7 Å². The first-order valence-corrected chi connectivity index (χ1v) is 8.82. The molecule has 24 heavy (non-hydrogen) atoms. The van der Waals surface area contributed by atoms with Gasteiger partial charge < -0.3 is 29.6 Å². The Bertz CT molecular complexity index is 290. The van der Waals surface area contributed by atoms with Crippen LogP contribution in [0.15, 0.2) is 0 Å². The van der Waals surface area contributed by atoms with Crippen LogP contribution in [0.1, 0.15) is 27.2 Å². The summed E-state index contributed by atoms with van der Waals surface area (Å²) in [5, 5.41) is 5.95. The molecule has 0 saturated heterocycles. The highest BCUT2D eigenvalue weighted by Gasteiger charge is 2.10. The largest absolute Gasteiger partial charge is 0.379 e. The molecule has 0 aromatic rings. The zero-order chi connectivity index (χ0) is 18.0.